The van der Waals surface area contributed by atoms with E-state index in [2.05, 4.69) is 0 Å². The Morgan fingerprint density at radius 3 is 1.65 bits per heavy atom. The Hall–Kier alpha value is -2.28. The summed E-state index contributed by atoms with van der Waals surface area (Å²) in [6, 6.07) is 14.9. The van der Waals surface area contributed by atoms with E-state index >= 15 is 0 Å². The predicted molar refractivity (Wildman–Crippen MR) is 98.3 cm³/mol. The molecule has 0 bridgehead atoms. The van der Waals surface area contributed by atoms with E-state index in [4.69, 9.17) is 28.8 Å². The van der Waals surface area contributed by atoms with Crippen molar-refractivity contribution in [2.45, 2.75) is 6.92 Å². The van der Waals surface area contributed by atoms with E-state index in [0.29, 0.717) is 62.6 Å². The van der Waals surface area contributed by atoms with E-state index < -0.39 is 0 Å². The van der Waals surface area contributed by atoms with Crippen LogP contribution in [0.25, 0.3) is 0 Å². The van der Waals surface area contributed by atoms with Gasteiger partial charge in [-0.2, -0.15) is 0 Å². The van der Waals surface area contributed by atoms with Crippen molar-refractivity contribution < 1.29 is 28.8 Å². The minimum Gasteiger partial charge on any atom is -0.487 e. The van der Waals surface area contributed by atoms with E-state index in [1.165, 1.54) is 0 Å². The number of aliphatic hydroxyl groups excluding tert-OH is 1. The van der Waals surface area contributed by atoms with Gasteiger partial charge in [0.1, 0.15) is 13.2 Å². The Kier molecular flexibility index (Phi) is 9.35. The molecule has 6 heteroatoms. The summed E-state index contributed by atoms with van der Waals surface area (Å²) >= 11 is 0. The Balaban J connectivity index is 1.97. The molecule has 0 aliphatic carbocycles. The van der Waals surface area contributed by atoms with Gasteiger partial charge in [-0.3, -0.25) is 0 Å². The van der Waals surface area contributed by atoms with Gasteiger partial charge in [0.15, 0.2) is 23.0 Å². The Bertz CT molecular complexity index is 631. The van der Waals surface area contributed by atoms with Crippen molar-refractivity contribution in [1.29, 1.82) is 0 Å². The first-order chi connectivity index (χ1) is 12.8. The largest absolute Gasteiger partial charge is 0.487 e. The van der Waals surface area contributed by atoms with E-state index in [1.807, 2.05) is 55.5 Å². The summed E-state index contributed by atoms with van der Waals surface area (Å²) in [5, 5.41) is 8.70. The third-order valence-electron chi connectivity index (χ3n) is 3.33. The van der Waals surface area contributed by atoms with Crippen molar-refractivity contribution in [1.82, 2.24) is 0 Å². The normalized spacial score (nSPS) is 10.5. The zero-order chi connectivity index (χ0) is 18.5. The van der Waals surface area contributed by atoms with E-state index in [0.717, 1.165) is 0 Å². The van der Waals surface area contributed by atoms with Gasteiger partial charge in [0.05, 0.1) is 26.4 Å². The predicted octanol–water partition coefficient (Wildman–Crippen LogP) is 3.28. The topological polar surface area (TPSA) is 66.4 Å². The third kappa shape index (κ3) is 6.92. The molecule has 0 saturated heterocycles. The number of ether oxygens (including phenoxy) is 5. The lowest BCUT2D eigenvalue weighted by molar-refractivity contribution is 0.0700. The number of para-hydroxylation sites is 4. The second-order valence-electron chi connectivity index (χ2n) is 5.23. The standard InChI is InChI=1S/C20H26O6/c1-2-22-13-15-24-17-7-3-5-9-19(17)26-20-10-6-4-8-18(20)25-16-14-23-12-11-21/h3-10,21H,2,11-16H2,1H3. The molecule has 0 unspecified atom stereocenters. The molecule has 0 aliphatic rings. The van der Waals surface area contributed by atoms with Crippen LogP contribution < -0.4 is 14.2 Å². The fraction of sp³-hybridized carbons (Fsp3) is 0.400. The average Bonchev–Trinajstić information content (AvgIpc) is 2.67. The fourth-order valence-corrected chi connectivity index (χ4v) is 2.16. The molecule has 2 rings (SSSR count). The van der Waals surface area contributed by atoms with Crippen LogP contribution >= 0.6 is 0 Å². The molecular formula is C20H26O6. The molecule has 0 atom stereocenters. The molecule has 2 aromatic rings. The summed E-state index contributed by atoms with van der Waals surface area (Å²) in [6.45, 7) is 4.65. The monoisotopic (exact) mass is 362 g/mol. The number of rotatable bonds is 13. The Morgan fingerprint density at radius 2 is 1.15 bits per heavy atom. The zero-order valence-corrected chi connectivity index (χ0v) is 15.1. The van der Waals surface area contributed by atoms with Gasteiger partial charge < -0.3 is 28.8 Å². The van der Waals surface area contributed by atoms with Crippen molar-refractivity contribution in [2.75, 3.05) is 46.2 Å². The highest BCUT2D eigenvalue weighted by Gasteiger charge is 2.10. The second kappa shape index (κ2) is 12.1. The van der Waals surface area contributed by atoms with Crippen molar-refractivity contribution >= 4 is 0 Å². The van der Waals surface area contributed by atoms with Crippen molar-refractivity contribution in [3.63, 3.8) is 0 Å². The lowest BCUT2D eigenvalue weighted by atomic mass is 10.3. The first kappa shape index (κ1) is 20.0. The SMILES string of the molecule is CCOCCOc1ccccc1Oc1ccccc1OCCOCCO. The summed E-state index contributed by atoms with van der Waals surface area (Å²) < 4.78 is 28.0. The average molecular weight is 362 g/mol. The smallest absolute Gasteiger partial charge is 0.169 e. The van der Waals surface area contributed by atoms with Crippen LogP contribution in [0.5, 0.6) is 23.0 Å². The van der Waals surface area contributed by atoms with Crippen molar-refractivity contribution in [3.05, 3.63) is 48.5 Å². The molecule has 0 spiro atoms. The van der Waals surface area contributed by atoms with E-state index in [-0.39, 0.29) is 6.61 Å². The zero-order valence-electron chi connectivity index (χ0n) is 15.1. The summed E-state index contributed by atoms with van der Waals surface area (Å²) in [6.07, 6.45) is 0. The second-order valence-corrected chi connectivity index (χ2v) is 5.23. The van der Waals surface area contributed by atoms with Gasteiger partial charge in [0.2, 0.25) is 0 Å². The van der Waals surface area contributed by atoms with Crippen LogP contribution in [0.1, 0.15) is 6.92 Å². The van der Waals surface area contributed by atoms with Gasteiger partial charge in [-0.15, -0.1) is 0 Å². The van der Waals surface area contributed by atoms with Gasteiger partial charge >= 0.3 is 0 Å². The summed E-state index contributed by atoms with van der Waals surface area (Å²) in [7, 11) is 0. The first-order valence-electron chi connectivity index (χ1n) is 8.73. The molecular weight excluding hydrogens is 336 g/mol. The van der Waals surface area contributed by atoms with Gasteiger partial charge in [-0.1, -0.05) is 24.3 Å². The fourth-order valence-electron chi connectivity index (χ4n) is 2.16. The maximum Gasteiger partial charge on any atom is 0.169 e. The molecule has 0 fully saturated rings. The molecule has 26 heavy (non-hydrogen) atoms. The maximum atomic E-state index is 8.70. The highest BCUT2D eigenvalue weighted by molar-refractivity contribution is 5.47. The molecule has 2 aromatic carbocycles. The van der Waals surface area contributed by atoms with Crippen LogP contribution in [-0.2, 0) is 9.47 Å². The van der Waals surface area contributed by atoms with Crippen LogP contribution in [0.15, 0.2) is 48.5 Å². The number of aliphatic hydroxyl groups is 1. The van der Waals surface area contributed by atoms with Gasteiger partial charge in [-0.25, -0.2) is 0 Å². The van der Waals surface area contributed by atoms with Gasteiger partial charge in [0.25, 0.3) is 0 Å². The number of hydrogen-bond donors (Lipinski definition) is 1. The molecule has 142 valence electrons. The van der Waals surface area contributed by atoms with E-state index in [1.54, 1.807) is 0 Å². The molecule has 1 N–H and O–H groups in total. The van der Waals surface area contributed by atoms with Gasteiger partial charge in [-0.05, 0) is 31.2 Å². The Labute approximate surface area is 154 Å². The van der Waals surface area contributed by atoms with Crippen LogP contribution in [-0.4, -0.2) is 51.4 Å². The van der Waals surface area contributed by atoms with Crippen LogP contribution in [0.3, 0.4) is 0 Å². The van der Waals surface area contributed by atoms with E-state index in [9.17, 15) is 0 Å². The summed E-state index contributed by atoms with van der Waals surface area (Å²) in [4.78, 5) is 0. The molecule has 0 aliphatic heterocycles. The van der Waals surface area contributed by atoms with Crippen molar-refractivity contribution in [2.24, 2.45) is 0 Å². The molecule has 6 nitrogen and oxygen atoms in total. The lowest BCUT2D eigenvalue weighted by Crippen LogP contribution is -2.09. The maximum absolute atomic E-state index is 8.70. The van der Waals surface area contributed by atoms with Crippen LogP contribution in [0, 0.1) is 0 Å². The summed E-state index contributed by atoms with van der Waals surface area (Å²) in [5.41, 5.74) is 0. The summed E-state index contributed by atoms with van der Waals surface area (Å²) in [5.74, 6) is 2.46. The minimum absolute atomic E-state index is 0.000220. The van der Waals surface area contributed by atoms with Crippen molar-refractivity contribution in [3.8, 4) is 23.0 Å². The number of hydrogen-bond acceptors (Lipinski definition) is 6. The Morgan fingerprint density at radius 1 is 0.654 bits per heavy atom. The van der Waals surface area contributed by atoms with Crippen LogP contribution in [0.4, 0.5) is 0 Å². The highest BCUT2D eigenvalue weighted by Crippen LogP contribution is 2.36. The van der Waals surface area contributed by atoms with Crippen LogP contribution in [0.2, 0.25) is 0 Å². The molecule has 0 saturated carbocycles. The molecule has 0 amide bonds. The quantitative estimate of drug-likeness (QED) is 0.552. The lowest BCUT2D eigenvalue weighted by Gasteiger charge is -2.15. The first-order valence-corrected chi connectivity index (χ1v) is 8.73. The third-order valence-corrected chi connectivity index (χ3v) is 3.33. The molecule has 0 heterocycles. The number of benzene rings is 2. The molecule has 0 radical (unpaired) electrons. The minimum atomic E-state index is -0.000220. The molecule has 0 aromatic heterocycles. The highest BCUT2D eigenvalue weighted by atomic mass is 16.6. The van der Waals surface area contributed by atoms with Gasteiger partial charge in [0, 0.05) is 6.61 Å².